The third kappa shape index (κ3) is 2.80. The lowest BCUT2D eigenvalue weighted by atomic mass is 9.85. The topological polar surface area (TPSA) is 60.9 Å². The average molecular weight is 329 g/mol. The molecule has 7 heteroatoms. The number of carbonyl (C=O) groups excluding carboxylic acids is 1. The van der Waals surface area contributed by atoms with Crippen molar-refractivity contribution >= 4 is 29.2 Å². The number of rotatable bonds is 3. The molecule has 22 heavy (non-hydrogen) atoms. The number of carbonyl (C=O) groups is 2. The minimum Gasteiger partial charge on any atom is -0.479 e. The van der Waals surface area contributed by atoms with Gasteiger partial charge in [-0.05, 0) is 32.0 Å². The van der Waals surface area contributed by atoms with Gasteiger partial charge in [0.05, 0.1) is 10.7 Å². The summed E-state index contributed by atoms with van der Waals surface area (Å²) in [7, 11) is 1.87. The third-order valence-corrected chi connectivity index (χ3v) is 4.42. The van der Waals surface area contributed by atoms with Crippen LogP contribution < -0.4 is 4.90 Å². The van der Waals surface area contributed by atoms with Crippen LogP contribution in [0.5, 0.6) is 0 Å². The predicted molar refractivity (Wildman–Crippen MR) is 81.7 cm³/mol. The van der Waals surface area contributed by atoms with Crippen LogP contribution in [0.2, 0.25) is 5.02 Å². The lowest BCUT2D eigenvalue weighted by Crippen LogP contribution is -2.61. The molecule has 2 rings (SSSR count). The SMILES string of the molecule is CC(=O)N(c1c(F)cccc1Cl)C1(C(=O)O)CCN(C)CC1. The second kappa shape index (κ2) is 6.22. The lowest BCUT2D eigenvalue weighted by molar-refractivity contribution is -0.147. The molecule has 1 heterocycles. The molecular formula is C15H18ClFN2O3. The Kier molecular flexibility index (Phi) is 4.72. The first-order valence-electron chi connectivity index (χ1n) is 6.96. The summed E-state index contributed by atoms with van der Waals surface area (Å²) in [5.74, 6) is -2.39. The number of benzene rings is 1. The van der Waals surface area contributed by atoms with Gasteiger partial charge in [0.2, 0.25) is 5.91 Å². The maximum Gasteiger partial charge on any atom is 0.330 e. The minimum atomic E-state index is -1.48. The van der Waals surface area contributed by atoms with Gasteiger partial charge in [-0.15, -0.1) is 0 Å². The highest BCUT2D eigenvalue weighted by atomic mass is 35.5. The molecule has 0 bridgehead atoms. The van der Waals surface area contributed by atoms with E-state index in [-0.39, 0.29) is 23.6 Å². The number of likely N-dealkylation sites (tertiary alicyclic amines) is 1. The predicted octanol–water partition coefficient (Wildman–Crippen LogP) is 2.38. The van der Waals surface area contributed by atoms with E-state index in [0.717, 1.165) is 4.90 Å². The van der Waals surface area contributed by atoms with Crippen LogP contribution in [0.4, 0.5) is 10.1 Å². The Morgan fingerprint density at radius 1 is 1.36 bits per heavy atom. The Morgan fingerprint density at radius 3 is 2.41 bits per heavy atom. The number of aliphatic carboxylic acids is 1. The number of hydrogen-bond acceptors (Lipinski definition) is 3. The zero-order valence-corrected chi connectivity index (χ0v) is 13.2. The number of piperidine rings is 1. The van der Waals surface area contributed by atoms with Gasteiger partial charge in [-0.25, -0.2) is 9.18 Å². The number of carboxylic acids is 1. The van der Waals surface area contributed by atoms with Crippen LogP contribution in [0.3, 0.4) is 0 Å². The van der Waals surface area contributed by atoms with E-state index in [2.05, 4.69) is 0 Å². The molecule has 1 aromatic carbocycles. The fourth-order valence-corrected chi connectivity index (χ4v) is 3.14. The van der Waals surface area contributed by atoms with Crippen molar-refractivity contribution in [1.82, 2.24) is 4.90 Å². The van der Waals surface area contributed by atoms with E-state index in [1.165, 1.54) is 25.1 Å². The molecule has 120 valence electrons. The number of anilines is 1. The van der Waals surface area contributed by atoms with E-state index in [9.17, 15) is 19.1 Å². The van der Waals surface area contributed by atoms with Crippen molar-refractivity contribution < 1.29 is 19.1 Å². The van der Waals surface area contributed by atoms with Crippen molar-refractivity contribution in [2.75, 3.05) is 25.0 Å². The number of halogens is 2. The second-order valence-electron chi connectivity index (χ2n) is 5.56. The number of amides is 1. The summed E-state index contributed by atoms with van der Waals surface area (Å²) in [5.41, 5.74) is -1.65. The molecule has 1 saturated heterocycles. The van der Waals surface area contributed by atoms with Gasteiger partial charge in [-0.3, -0.25) is 9.69 Å². The van der Waals surface area contributed by atoms with Crippen LogP contribution in [0.25, 0.3) is 0 Å². The molecule has 5 nitrogen and oxygen atoms in total. The molecule has 0 aliphatic carbocycles. The van der Waals surface area contributed by atoms with Gasteiger partial charge < -0.3 is 10.0 Å². The Labute approximate surface area is 133 Å². The molecule has 0 unspecified atom stereocenters. The summed E-state index contributed by atoms with van der Waals surface area (Å²) < 4.78 is 14.2. The van der Waals surface area contributed by atoms with E-state index in [0.29, 0.717) is 13.1 Å². The highest BCUT2D eigenvalue weighted by Gasteiger charge is 2.49. The number of carboxylic acid groups (broad SMARTS) is 1. The zero-order chi connectivity index (χ0) is 16.5. The minimum absolute atomic E-state index is 0.0229. The molecule has 0 atom stereocenters. The van der Waals surface area contributed by atoms with Gasteiger partial charge in [-0.1, -0.05) is 17.7 Å². The van der Waals surface area contributed by atoms with E-state index in [1.54, 1.807) is 0 Å². The number of para-hydroxylation sites is 1. The van der Waals surface area contributed by atoms with Crippen LogP contribution in [-0.2, 0) is 9.59 Å². The second-order valence-corrected chi connectivity index (χ2v) is 5.97. The van der Waals surface area contributed by atoms with Gasteiger partial charge in [-0.2, -0.15) is 0 Å². The first-order chi connectivity index (χ1) is 10.3. The molecule has 1 aliphatic heterocycles. The molecule has 1 N–H and O–H groups in total. The standard InChI is InChI=1S/C15H18ClFN2O3/c1-10(20)19(13-11(16)4-3-5-12(13)17)15(14(21)22)6-8-18(2)9-7-15/h3-5H,6-9H2,1-2H3,(H,21,22). The molecule has 0 spiro atoms. The van der Waals surface area contributed by atoms with Crippen LogP contribution in [0, 0.1) is 5.82 Å². The Bertz CT molecular complexity index is 580. The molecule has 1 amide bonds. The fraction of sp³-hybridized carbons (Fsp3) is 0.467. The van der Waals surface area contributed by atoms with Crippen molar-refractivity contribution in [2.45, 2.75) is 25.3 Å². The molecular weight excluding hydrogens is 311 g/mol. The fourth-order valence-electron chi connectivity index (χ4n) is 2.90. The maximum atomic E-state index is 14.2. The zero-order valence-electron chi connectivity index (χ0n) is 12.5. The number of hydrogen-bond donors (Lipinski definition) is 1. The number of nitrogens with zero attached hydrogens (tertiary/aromatic N) is 2. The quantitative estimate of drug-likeness (QED) is 0.925. The maximum absolute atomic E-state index is 14.2. The van der Waals surface area contributed by atoms with Gasteiger partial charge in [0.1, 0.15) is 11.4 Å². The molecule has 1 aliphatic rings. The van der Waals surface area contributed by atoms with Gasteiger partial charge in [0, 0.05) is 20.0 Å². The molecule has 1 fully saturated rings. The summed E-state index contributed by atoms with van der Waals surface area (Å²) in [6, 6.07) is 4.03. The highest BCUT2D eigenvalue weighted by molar-refractivity contribution is 6.34. The van der Waals surface area contributed by atoms with Crippen LogP contribution in [-0.4, -0.2) is 47.6 Å². The summed E-state index contributed by atoms with van der Waals surface area (Å²) >= 11 is 6.05. The highest BCUT2D eigenvalue weighted by Crippen LogP contribution is 2.38. The normalized spacial score (nSPS) is 18.0. The molecule has 0 saturated carbocycles. The van der Waals surface area contributed by atoms with Crippen molar-refractivity contribution in [3.63, 3.8) is 0 Å². The molecule has 0 radical (unpaired) electrons. The van der Waals surface area contributed by atoms with Crippen molar-refractivity contribution in [2.24, 2.45) is 0 Å². The Hall–Kier alpha value is -1.66. The summed E-state index contributed by atoms with van der Waals surface area (Å²) in [6.45, 7) is 2.23. The first-order valence-corrected chi connectivity index (χ1v) is 7.34. The van der Waals surface area contributed by atoms with E-state index >= 15 is 0 Å². The van der Waals surface area contributed by atoms with E-state index in [4.69, 9.17) is 11.6 Å². The monoisotopic (exact) mass is 328 g/mol. The van der Waals surface area contributed by atoms with Crippen molar-refractivity contribution in [3.05, 3.63) is 29.0 Å². The van der Waals surface area contributed by atoms with Crippen LogP contribution in [0.15, 0.2) is 18.2 Å². The van der Waals surface area contributed by atoms with E-state index in [1.807, 2.05) is 11.9 Å². The van der Waals surface area contributed by atoms with Crippen LogP contribution >= 0.6 is 11.6 Å². The van der Waals surface area contributed by atoms with Gasteiger partial charge in [0.25, 0.3) is 0 Å². The Morgan fingerprint density at radius 2 is 1.95 bits per heavy atom. The Balaban J connectivity index is 2.59. The molecule has 0 aromatic heterocycles. The largest absolute Gasteiger partial charge is 0.479 e. The van der Waals surface area contributed by atoms with Crippen molar-refractivity contribution in [3.8, 4) is 0 Å². The lowest BCUT2D eigenvalue weighted by Gasteiger charge is -2.45. The van der Waals surface area contributed by atoms with Crippen LogP contribution in [0.1, 0.15) is 19.8 Å². The first kappa shape index (κ1) is 16.7. The van der Waals surface area contributed by atoms with Crippen molar-refractivity contribution in [1.29, 1.82) is 0 Å². The van der Waals surface area contributed by atoms with Gasteiger partial charge >= 0.3 is 5.97 Å². The smallest absolute Gasteiger partial charge is 0.330 e. The van der Waals surface area contributed by atoms with E-state index < -0.39 is 23.2 Å². The summed E-state index contributed by atoms with van der Waals surface area (Å²) in [4.78, 5) is 27.1. The molecule has 1 aromatic rings. The third-order valence-electron chi connectivity index (χ3n) is 4.12. The average Bonchev–Trinajstić information content (AvgIpc) is 2.44. The van der Waals surface area contributed by atoms with Gasteiger partial charge in [0.15, 0.2) is 0 Å². The summed E-state index contributed by atoms with van der Waals surface area (Å²) in [5, 5.41) is 9.78. The summed E-state index contributed by atoms with van der Waals surface area (Å²) in [6.07, 6.45) is 0.423.